The predicted octanol–water partition coefficient (Wildman–Crippen LogP) is 3.55. The Balaban J connectivity index is 2.01. The highest BCUT2D eigenvalue weighted by atomic mass is 32.2. The van der Waals surface area contributed by atoms with Crippen LogP contribution in [0, 0.1) is 11.6 Å². The molecule has 1 saturated heterocycles. The van der Waals surface area contributed by atoms with Gasteiger partial charge in [-0.25, -0.2) is 17.2 Å². The molecule has 0 bridgehead atoms. The van der Waals surface area contributed by atoms with Gasteiger partial charge in [0.2, 0.25) is 10.0 Å². The van der Waals surface area contributed by atoms with Crippen molar-refractivity contribution in [3.8, 4) is 0 Å². The van der Waals surface area contributed by atoms with E-state index in [-0.39, 0.29) is 6.04 Å². The van der Waals surface area contributed by atoms with Gasteiger partial charge in [-0.2, -0.15) is 4.31 Å². The highest BCUT2D eigenvalue weighted by Gasteiger charge is 2.37. The second-order valence-corrected chi connectivity index (χ2v) is 7.70. The zero-order valence-corrected chi connectivity index (χ0v) is 12.6. The number of rotatable bonds is 3. The van der Waals surface area contributed by atoms with Crippen LogP contribution in [0.1, 0.15) is 23.8 Å². The van der Waals surface area contributed by atoms with E-state index in [1.807, 2.05) is 17.5 Å². The van der Waals surface area contributed by atoms with Gasteiger partial charge in [0.1, 0.15) is 16.5 Å². The quantitative estimate of drug-likeness (QED) is 0.863. The Labute approximate surface area is 125 Å². The molecule has 0 radical (unpaired) electrons. The molecular weight excluding hydrogens is 316 g/mol. The summed E-state index contributed by atoms with van der Waals surface area (Å²) in [7, 11) is -3.96. The van der Waals surface area contributed by atoms with E-state index < -0.39 is 26.6 Å². The summed E-state index contributed by atoms with van der Waals surface area (Å²) in [5, 5.41) is 1.89. The Morgan fingerprint density at radius 3 is 2.71 bits per heavy atom. The fraction of sp³-hybridized carbons (Fsp3) is 0.286. The lowest BCUT2D eigenvalue weighted by molar-refractivity contribution is 0.397. The molecule has 1 unspecified atom stereocenters. The van der Waals surface area contributed by atoms with E-state index in [9.17, 15) is 17.2 Å². The van der Waals surface area contributed by atoms with E-state index in [1.165, 1.54) is 15.6 Å². The maximum absolute atomic E-state index is 13.8. The Morgan fingerprint density at radius 2 is 2.05 bits per heavy atom. The van der Waals surface area contributed by atoms with Crippen molar-refractivity contribution in [1.29, 1.82) is 0 Å². The number of benzene rings is 1. The molecule has 3 nitrogen and oxygen atoms in total. The largest absolute Gasteiger partial charge is 0.246 e. The first-order valence-corrected chi connectivity index (χ1v) is 8.82. The van der Waals surface area contributed by atoms with Crippen molar-refractivity contribution in [2.45, 2.75) is 23.8 Å². The van der Waals surface area contributed by atoms with Gasteiger partial charge in [-0.05, 0) is 36.4 Å². The minimum Gasteiger partial charge on any atom is -0.207 e. The summed E-state index contributed by atoms with van der Waals surface area (Å²) in [6.45, 7) is 0.349. The summed E-state index contributed by atoms with van der Waals surface area (Å²) < 4.78 is 53.4. The molecule has 21 heavy (non-hydrogen) atoms. The van der Waals surface area contributed by atoms with Gasteiger partial charge < -0.3 is 0 Å². The molecule has 7 heteroatoms. The predicted molar refractivity (Wildman–Crippen MR) is 76.5 cm³/mol. The van der Waals surface area contributed by atoms with Crippen LogP contribution >= 0.6 is 11.3 Å². The molecule has 0 aliphatic carbocycles. The maximum Gasteiger partial charge on any atom is 0.246 e. The van der Waals surface area contributed by atoms with Crippen LogP contribution in [0.2, 0.25) is 0 Å². The van der Waals surface area contributed by atoms with Crippen LogP contribution < -0.4 is 0 Å². The molecule has 2 heterocycles. The fourth-order valence-electron chi connectivity index (χ4n) is 2.60. The van der Waals surface area contributed by atoms with Gasteiger partial charge in [-0.3, -0.25) is 0 Å². The highest BCUT2D eigenvalue weighted by Crippen LogP contribution is 2.38. The molecule has 0 amide bonds. The SMILES string of the molecule is O=S(=O)(c1ccc(F)cc1F)N1CCCC1c1cccs1. The Morgan fingerprint density at radius 1 is 1.24 bits per heavy atom. The summed E-state index contributed by atoms with van der Waals surface area (Å²) in [6, 6.07) is 6.03. The number of hydrogen-bond donors (Lipinski definition) is 0. The van der Waals surface area contributed by atoms with E-state index in [1.54, 1.807) is 0 Å². The van der Waals surface area contributed by atoms with Crippen LogP contribution in [0.5, 0.6) is 0 Å². The summed E-state index contributed by atoms with van der Waals surface area (Å²) >= 11 is 1.48. The average Bonchev–Trinajstić information content (AvgIpc) is 3.09. The van der Waals surface area contributed by atoms with Crippen molar-refractivity contribution in [2.75, 3.05) is 6.54 Å². The van der Waals surface area contributed by atoms with Crippen molar-refractivity contribution < 1.29 is 17.2 Å². The first-order valence-electron chi connectivity index (χ1n) is 6.50. The lowest BCUT2D eigenvalue weighted by atomic mass is 10.2. The maximum atomic E-state index is 13.8. The van der Waals surface area contributed by atoms with Gasteiger partial charge in [0.15, 0.2) is 0 Å². The molecule has 1 fully saturated rings. The van der Waals surface area contributed by atoms with Crippen molar-refractivity contribution >= 4 is 21.4 Å². The zero-order valence-electron chi connectivity index (χ0n) is 11.0. The van der Waals surface area contributed by atoms with E-state index >= 15 is 0 Å². The molecule has 0 N–H and O–H groups in total. The lowest BCUT2D eigenvalue weighted by Crippen LogP contribution is -2.31. The molecule has 112 valence electrons. The van der Waals surface area contributed by atoms with Gasteiger partial charge in [0, 0.05) is 17.5 Å². The topological polar surface area (TPSA) is 37.4 Å². The van der Waals surface area contributed by atoms with Gasteiger partial charge in [0.25, 0.3) is 0 Å². The number of halogens is 2. The number of thiophene rings is 1. The van der Waals surface area contributed by atoms with Gasteiger partial charge in [-0.1, -0.05) is 6.07 Å². The first kappa shape index (κ1) is 14.6. The molecular formula is C14H13F2NO2S2. The summed E-state index contributed by atoms with van der Waals surface area (Å²) in [5.41, 5.74) is 0. The summed E-state index contributed by atoms with van der Waals surface area (Å²) in [4.78, 5) is 0.478. The Bertz CT molecular complexity index is 744. The van der Waals surface area contributed by atoms with Crippen LogP contribution in [-0.4, -0.2) is 19.3 Å². The number of sulfonamides is 1. The van der Waals surface area contributed by atoms with Crippen LogP contribution in [0.25, 0.3) is 0 Å². The molecule has 1 aliphatic rings. The number of hydrogen-bond acceptors (Lipinski definition) is 3. The van der Waals surface area contributed by atoms with Crippen LogP contribution in [0.15, 0.2) is 40.6 Å². The first-order chi connectivity index (χ1) is 10.00. The monoisotopic (exact) mass is 329 g/mol. The third kappa shape index (κ3) is 2.61. The minimum atomic E-state index is -3.96. The highest BCUT2D eigenvalue weighted by molar-refractivity contribution is 7.89. The third-order valence-electron chi connectivity index (χ3n) is 3.56. The molecule has 1 atom stereocenters. The lowest BCUT2D eigenvalue weighted by Gasteiger charge is -2.23. The molecule has 1 aliphatic heterocycles. The molecule has 1 aromatic carbocycles. The second-order valence-electron chi connectivity index (χ2n) is 4.86. The van der Waals surface area contributed by atoms with E-state index in [2.05, 4.69) is 0 Å². The average molecular weight is 329 g/mol. The van der Waals surface area contributed by atoms with Crippen molar-refractivity contribution in [3.63, 3.8) is 0 Å². The van der Waals surface area contributed by atoms with Crippen molar-refractivity contribution in [1.82, 2.24) is 4.31 Å². The van der Waals surface area contributed by atoms with Gasteiger partial charge in [-0.15, -0.1) is 11.3 Å². The molecule has 1 aromatic heterocycles. The molecule has 0 saturated carbocycles. The third-order valence-corrected chi connectivity index (χ3v) is 6.47. The Hall–Kier alpha value is -1.31. The summed E-state index contributed by atoms with van der Waals surface area (Å²) in [6.07, 6.45) is 1.44. The number of nitrogens with zero attached hydrogens (tertiary/aromatic N) is 1. The van der Waals surface area contributed by atoms with E-state index in [4.69, 9.17) is 0 Å². The standard InChI is InChI=1S/C14H13F2NO2S2/c15-10-5-6-14(11(16)9-10)21(18,19)17-7-1-3-12(17)13-4-2-8-20-13/h2,4-6,8-9,12H,1,3,7H2. The van der Waals surface area contributed by atoms with Crippen LogP contribution in [-0.2, 0) is 10.0 Å². The van der Waals surface area contributed by atoms with Crippen molar-refractivity contribution in [3.05, 3.63) is 52.2 Å². The van der Waals surface area contributed by atoms with Gasteiger partial charge in [0.05, 0.1) is 6.04 Å². The molecule has 2 aromatic rings. The molecule has 3 rings (SSSR count). The normalized spacial score (nSPS) is 20.0. The summed E-state index contributed by atoms with van der Waals surface area (Å²) in [5.74, 6) is -1.84. The van der Waals surface area contributed by atoms with Crippen molar-refractivity contribution in [2.24, 2.45) is 0 Å². The second kappa shape index (κ2) is 5.47. The van der Waals surface area contributed by atoms with Gasteiger partial charge >= 0.3 is 0 Å². The fourth-order valence-corrected chi connectivity index (χ4v) is 5.27. The van der Waals surface area contributed by atoms with Crippen LogP contribution in [0.3, 0.4) is 0 Å². The van der Waals surface area contributed by atoms with E-state index in [0.717, 1.165) is 23.4 Å². The van der Waals surface area contributed by atoms with E-state index in [0.29, 0.717) is 19.0 Å². The minimum absolute atomic E-state index is 0.264. The smallest absolute Gasteiger partial charge is 0.207 e. The Kier molecular flexibility index (Phi) is 3.81. The zero-order chi connectivity index (χ0) is 15.0. The van der Waals surface area contributed by atoms with Crippen LogP contribution in [0.4, 0.5) is 8.78 Å². The molecule has 0 spiro atoms.